The lowest BCUT2D eigenvalue weighted by Crippen LogP contribution is -1.83. The van der Waals surface area contributed by atoms with Gasteiger partial charge in [-0.1, -0.05) is 0 Å². The van der Waals surface area contributed by atoms with Gasteiger partial charge in [0.15, 0.2) is 0 Å². The van der Waals surface area contributed by atoms with Crippen LogP contribution in [-0.4, -0.2) is 4.98 Å². The molecule has 1 aromatic heterocycles. The van der Waals surface area contributed by atoms with Crippen molar-refractivity contribution in [3.63, 3.8) is 0 Å². The van der Waals surface area contributed by atoms with Gasteiger partial charge in [0.25, 0.3) is 0 Å². The fourth-order valence-corrected chi connectivity index (χ4v) is 1.94. The monoisotopic (exact) mass is 409 g/mol. The van der Waals surface area contributed by atoms with Crippen LogP contribution < -0.4 is 0 Å². The van der Waals surface area contributed by atoms with E-state index in [4.69, 9.17) is 0 Å². The third kappa shape index (κ3) is 2.30. The Balaban J connectivity index is 3.17. The summed E-state index contributed by atoms with van der Waals surface area (Å²) in [6, 6.07) is 3.96. The van der Waals surface area contributed by atoms with Crippen molar-refractivity contribution in [3.05, 3.63) is 24.0 Å². The van der Waals surface area contributed by atoms with Crippen molar-refractivity contribution >= 4 is 61.1 Å². The maximum absolute atomic E-state index is 4.20. The Bertz CT molecular complexity index is 226. The lowest BCUT2D eigenvalue weighted by Gasteiger charge is -1.93. The van der Waals surface area contributed by atoms with Gasteiger partial charge in [-0.15, -0.1) is 0 Å². The van der Waals surface area contributed by atoms with Crippen LogP contribution in [0.25, 0.3) is 0 Å². The number of pyridine rings is 1. The number of nitrogens with zero attached hydrogens (tertiary/aromatic N) is 1. The summed E-state index contributed by atoms with van der Waals surface area (Å²) >= 11 is 7.73. The molecule has 1 heterocycles. The molecular weight excluding hydrogens is 408 g/mol. The number of aromatic nitrogens is 1. The summed E-state index contributed by atoms with van der Waals surface area (Å²) in [5.41, 5.74) is 0. The molecule has 0 aliphatic heterocycles. The van der Waals surface area contributed by atoms with Crippen LogP contribution in [0.15, 0.2) is 16.6 Å². The highest BCUT2D eigenvalue weighted by Crippen LogP contribution is 2.17. The quantitative estimate of drug-likeness (QED) is 0.474. The molecule has 0 spiro atoms. The van der Waals surface area contributed by atoms with Gasteiger partial charge in [-0.2, -0.15) is 0 Å². The molecule has 0 N–H and O–H groups in total. The average Bonchev–Trinajstić information content (AvgIpc) is 1.80. The minimum Gasteiger partial charge on any atom is -0.235 e. The molecule has 9 heavy (non-hydrogen) atoms. The highest BCUT2D eigenvalue weighted by molar-refractivity contribution is 14.1. The molecule has 1 aromatic rings. The van der Waals surface area contributed by atoms with E-state index in [1.54, 1.807) is 0 Å². The highest BCUT2D eigenvalue weighted by Gasteiger charge is 1.95. The predicted octanol–water partition coefficient (Wildman–Crippen LogP) is 3.05. The van der Waals surface area contributed by atoms with Crippen molar-refractivity contribution in [2.45, 2.75) is 0 Å². The van der Waals surface area contributed by atoms with Crippen LogP contribution >= 0.6 is 61.1 Å². The molecule has 0 unspecified atom stereocenters. The first-order valence-electron chi connectivity index (χ1n) is 2.17. The van der Waals surface area contributed by atoms with Crippen LogP contribution in [0.4, 0.5) is 0 Å². The van der Waals surface area contributed by atoms with Crippen molar-refractivity contribution in [1.29, 1.82) is 0 Å². The van der Waals surface area contributed by atoms with Gasteiger partial charge < -0.3 is 0 Å². The molecule has 0 bridgehead atoms. The molecule has 0 saturated heterocycles. The zero-order chi connectivity index (χ0) is 6.85. The number of hydrogen-bond donors (Lipinski definition) is 0. The molecule has 0 aliphatic rings. The summed E-state index contributed by atoms with van der Waals surface area (Å²) in [6.45, 7) is 0. The maximum Gasteiger partial charge on any atom is 0.116 e. The van der Waals surface area contributed by atoms with E-state index in [1.807, 2.05) is 12.1 Å². The Morgan fingerprint density at radius 1 is 1.33 bits per heavy atom. The van der Waals surface area contributed by atoms with Gasteiger partial charge >= 0.3 is 0 Å². The Labute approximate surface area is 89.0 Å². The number of rotatable bonds is 0. The van der Waals surface area contributed by atoms with E-state index in [0.717, 1.165) is 11.9 Å². The van der Waals surface area contributed by atoms with E-state index in [1.165, 1.54) is 0 Å². The molecule has 0 aromatic carbocycles. The SMILES string of the molecule is Brc1ccc(I)nc1I. The second-order valence-corrected chi connectivity index (χ2v) is 4.39. The van der Waals surface area contributed by atoms with Crippen molar-refractivity contribution in [3.8, 4) is 0 Å². The molecule has 0 radical (unpaired) electrons. The molecule has 4 heteroatoms. The Kier molecular flexibility index (Phi) is 3.16. The van der Waals surface area contributed by atoms with Crippen LogP contribution in [0.2, 0.25) is 0 Å². The molecule has 0 atom stereocenters. The molecule has 48 valence electrons. The second kappa shape index (κ2) is 3.47. The minimum atomic E-state index is 1.01. The van der Waals surface area contributed by atoms with E-state index >= 15 is 0 Å². The summed E-state index contributed by atoms with van der Waals surface area (Å²) < 4.78 is 3.10. The summed E-state index contributed by atoms with van der Waals surface area (Å²) in [7, 11) is 0. The van der Waals surface area contributed by atoms with E-state index < -0.39 is 0 Å². The summed E-state index contributed by atoms with van der Waals surface area (Å²) in [4.78, 5) is 4.20. The van der Waals surface area contributed by atoms with Crippen molar-refractivity contribution in [2.75, 3.05) is 0 Å². The third-order valence-corrected chi connectivity index (χ3v) is 3.57. The van der Waals surface area contributed by atoms with E-state index in [9.17, 15) is 0 Å². The summed E-state index contributed by atoms with van der Waals surface area (Å²) in [5, 5.41) is 0. The number of halogens is 3. The Morgan fingerprint density at radius 3 is 2.44 bits per heavy atom. The van der Waals surface area contributed by atoms with Crippen LogP contribution in [-0.2, 0) is 0 Å². The smallest absolute Gasteiger partial charge is 0.116 e. The minimum absolute atomic E-state index is 1.01. The third-order valence-electron chi connectivity index (χ3n) is 0.769. The van der Waals surface area contributed by atoms with Gasteiger partial charge in [0.2, 0.25) is 0 Å². The van der Waals surface area contributed by atoms with Crippen LogP contribution in [0.3, 0.4) is 0 Å². The van der Waals surface area contributed by atoms with Crippen LogP contribution in [0.1, 0.15) is 0 Å². The molecular formula is C5H2BrI2N. The van der Waals surface area contributed by atoms with E-state index in [0.29, 0.717) is 0 Å². The van der Waals surface area contributed by atoms with Crippen molar-refractivity contribution in [2.24, 2.45) is 0 Å². The van der Waals surface area contributed by atoms with Gasteiger partial charge in [0, 0.05) is 4.47 Å². The fourth-order valence-electron chi connectivity index (χ4n) is 0.395. The first-order chi connectivity index (χ1) is 4.20. The first kappa shape index (κ1) is 8.19. The van der Waals surface area contributed by atoms with E-state index in [2.05, 4.69) is 66.1 Å². The predicted molar refractivity (Wildman–Crippen MR) is 57.4 cm³/mol. The van der Waals surface area contributed by atoms with Gasteiger partial charge in [0.05, 0.1) is 0 Å². The standard InChI is InChI=1S/C5H2BrI2N/c6-3-1-2-4(7)9-5(3)8/h1-2H. The van der Waals surface area contributed by atoms with Crippen LogP contribution in [0.5, 0.6) is 0 Å². The molecule has 0 aliphatic carbocycles. The zero-order valence-corrected chi connectivity index (χ0v) is 10.1. The molecule has 1 nitrogen and oxygen atoms in total. The fraction of sp³-hybridized carbons (Fsp3) is 0. The highest BCUT2D eigenvalue weighted by atomic mass is 127. The largest absolute Gasteiger partial charge is 0.235 e. The Hall–Kier alpha value is 1.09. The topological polar surface area (TPSA) is 12.9 Å². The molecule has 0 saturated carbocycles. The van der Waals surface area contributed by atoms with Crippen molar-refractivity contribution < 1.29 is 0 Å². The Morgan fingerprint density at radius 2 is 2.00 bits per heavy atom. The summed E-state index contributed by atoms with van der Waals surface area (Å²) in [5.74, 6) is 0. The van der Waals surface area contributed by atoms with Crippen LogP contribution in [0, 0.1) is 7.40 Å². The maximum atomic E-state index is 4.20. The average molecular weight is 410 g/mol. The van der Waals surface area contributed by atoms with Gasteiger partial charge in [-0.05, 0) is 73.2 Å². The molecule has 1 rings (SSSR count). The van der Waals surface area contributed by atoms with E-state index in [-0.39, 0.29) is 0 Å². The zero-order valence-electron chi connectivity index (χ0n) is 4.24. The molecule has 0 amide bonds. The lowest BCUT2D eigenvalue weighted by atomic mass is 10.5. The molecule has 0 fully saturated rings. The van der Waals surface area contributed by atoms with Gasteiger partial charge in [-0.25, -0.2) is 4.98 Å². The van der Waals surface area contributed by atoms with Gasteiger partial charge in [-0.3, -0.25) is 0 Å². The normalized spacial score (nSPS) is 9.67. The summed E-state index contributed by atoms with van der Waals surface area (Å²) in [6.07, 6.45) is 0. The first-order valence-corrected chi connectivity index (χ1v) is 5.13. The lowest BCUT2D eigenvalue weighted by molar-refractivity contribution is 1.20. The van der Waals surface area contributed by atoms with Gasteiger partial charge in [0.1, 0.15) is 7.40 Å². The number of hydrogen-bond acceptors (Lipinski definition) is 1. The van der Waals surface area contributed by atoms with Crippen molar-refractivity contribution in [1.82, 2.24) is 4.98 Å². The second-order valence-electron chi connectivity index (χ2n) is 1.41.